The van der Waals surface area contributed by atoms with Gasteiger partial charge in [-0.05, 0) is 13.8 Å². The molecule has 18 heavy (non-hydrogen) atoms. The molecule has 1 aromatic rings. The van der Waals surface area contributed by atoms with Crippen molar-refractivity contribution in [2.75, 3.05) is 26.1 Å². The van der Waals surface area contributed by atoms with Gasteiger partial charge in [0, 0.05) is 20.1 Å². The third kappa shape index (κ3) is 3.57. The highest BCUT2D eigenvalue weighted by atomic mass is 16.5. The quantitative estimate of drug-likeness (QED) is 0.843. The van der Waals surface area contributed by atoms with E-state index in [0.29, 0.717) is 12.5 Å². The summed E-state index contributed by atoms with van der Waals surface area (Å²) in [5, 5.41) is 3.07. The fraction of sp³-hybridized carbons (Fsp3) is 0.692. The van der Waals surface area contributed by atoms with E-state index in [1.807, 2.05) is 20.9 Å². The highest BCUT2D eigenvalue weighted by molar-refractivity contribution is 5.48. The van der Waals surface area contributed by atoms with Crippen LogP contribution in [0.1, 0.15) is 38.1 Å². The van der Waals surface area contributed by atoms with Crippen LogP contribution >= 0.6 is 0 Å². The van der Waals surface area contributed by atoms with Gasteiger partial charge in [0.25, 0.3) is 0 Å². The molecule has 0 aliphatic carbocycles. The topological polar surface area (TPSA) is 56.3 Å². The molecule has 5 nitrogen and oxygen atoms in total. The van der Waals surface area contributed by atoms with Gasteiger partial charge in [-0.1, -0.05) is 13.8 Å². The zero-order chi connectivity index (χ0) is 13.7. The van der Waals surface area contributed by atoms with Crippen LogP contribution in [0, 0.1) is 6.92 Å². The lowest BCUT2D eigenvalue weighted by Crippen LogP contribution is -2.20. The number of rotatable bonds is 6. The molecule has 1 atom stereocenters. The summed E-state index contributed by atoms with van der Waals surface area (Å²) in [6, 6.07) is 0. The smallest absolute Gasteiger partial charge is 0.222 e. The molecule has 102 valence electrons. The zero-order valence-electron chi connectivity index (χ0n) is 12.1. The number of nitrogens with one attached hydrogen (secondary N) is 1. The highest BCUT2D eigenvalue weighted by Crippen LogP contribution is 2.25. The minimum atomic E-state index is -0.0340. The Bertz CT molecular complexity index is 394. The average molecular weight is 253 g/mol. The Morgan fingerprint density at radius 1 is 1.22 bits per heavy atom. The summed E-state index contributed by atoms with van der Waals surface area (Å²) in [4.78, 5) is 8.94. The maximum absolute atomic E-state index is 5.80. The van der Waals surface area contributed by atoms with Crippen molar-refractivity contribution in [1.29, 1.82) is 0 Å². The van der Waals surface area contributed by atoms with Crippen LogP contribution < -0.4 is 10.1 Å². The van der Waals surface area contributed by atoms with Gasteiger partial charge >= 0.3 is 0 Å². The first-order chi connectivity index (χ1) is 8.49. The Kier molecular flexibility index (Phi) is 5.34. The van der Waals surface area contributed by atoms with Crippen LogP contribution in [-0.2, 0) is 4.74 Å². The number of aromatic nitrogens is 2. The maximum Gasteiger partial charge on any atom is 0.222 e. The van der Waals surface area contributed by atoms with Crippen molar-refractivity contribution in [3.05, 3.63) is 11.4 Å². The van der Waals surface area contributed by atoms with Crippen molar-refractivity contribution in [2.24, 2.45) is 0 Å². The van der Waals surface area contributed by atoms with Crippen LogP contribution in [0.5, 0.6) is 5.88 Å². The largest absolute Gasteiger partial charge is 0.472 e. The first-order valence-corrected chi connectivity index (χ1v) is 6.21. The minimum Gasteiger partial charge on any atom is -0.472 e. The maximum atomic E-state index is 5.80. The third-order valence-electron chi connectivity index (χ3n) is 2.59. The molecule has 0 bridgehead atoms. The first-order valence-electron chi connectivity index (χ1n) is 6.21. The van der Waals surface area contributed by atoms with Gasteiger partial charge < -0.3 is 14.8 Å². The fourth-order valence-corrected chi connectivity index (χ4v) is 1.59. The summed E-state index contributed by atoms with van der Waals surface area (Å²) in [6.07, 6.45) is -0.0340. The van der Waals surface area contributed by atoms with Crippen LogP contribution in [-0.4, -0.2) is 36.8 Å². The van der Waals surface area contributed by atoms with E-state index >= 15 is 0 Å². The molecule has 0 aliphatic heterocycles. The van der Waals surface area contributed by atoms with Crippen LogP contribution in [0.15, 0.2) is 0 Å². The van der Waals surface area contributed by atoms with Crippen molar-refractivity contribution >= 4 is 5.82 Å². The Balaban J connectivity index is 3.04. The average Bonchev–Trinajstić information content (AvgIpc) is 2.31. The van der Waals surface area contributed by atoms with E-state index in [2.05, 4.69) is 29.1 Å². The van der Waals surface area contributed by atoms with E-state index in [-0.39, 0.29) is 12.0 Å². The SMILES string of the molecule is CNc1nc(C(C)C)nc(OC(C)COC)c1C. The van der Waals surface area contributed by atoms with Gasteiger partial charge in [0.05, 0.1) is 12.2 Å². The normalized spacial score (nSPS) is 12.6. The zero-order valence-corrected chi connectivity index (χ0v) is 12.1. The minimum absolute atomic E-state index is 0.0340. The van der Waals surface area contributed by atoms with Gasteiger partial charge in [-0.2, -0.15) is 4.98 Å². The van der Waals surface area contributed by atoms with E-state index in [9.17, 15) is 0 Å². The molecule has 0 radical (unpaired) electrons. The molecule has 0 amide bonds. The standard InChI is InChI=1S/C13H23N3O2/c1-8(2)11-15-12(14-5)10(4)13(16-11)18-9(3)7-17-6/h8-9H,7H2,1-6H3,(H,14,15,16). The molecule has 5 heteroatoms. The lowest BCUT2D eigenvalue weighted by molar-refractivity contribution is 0.0882. The Morgan fingerprint density at radius 2 is 1.89 bits per heavy atom. The summed E-state index contributed by atoms with van der Waals surface area (Å²) in [6.45, 7) is 8.57. The van der Waals surface area contributed by atoms with E-state index < -0.39 is 0 Å². The molecule has 0 aromatic carbocycles. The molecule has 0 spiro atoms. The van der Waals surface area contributed by atoms with Crippen molar-refractivity contribution in [2.45, 2.75) is 39.7 Å². The molecule has 1 rings (SSSR count). The number of nitrogens with zero attached hydrogens (tertiary/aromatic N) is 2. The molecule has 0 aliphatic rings. The molecule has 1 N–H and O–H groups in total. The van der Waals surface area contributed by atoms with E-state index in [4.69, 9.17) is 9.47 Å². The van der Waals surface area contributed by atoms with Crippen LogP contribution in [0.4, 0.5) is 5.82 Å². The Morgan fingerprint density at radius 3 is 2.39 bits per heavy atom. The third-order valence-corrected chi connectivity index (χ3v) is 2.59. The summed E-state index contributed by atoms with van der Waals surface area (Å²) >= 11 is 0. The summed E-state index contributed by atoms with van der Waals surface area (Å²) in [5.41, 5.74) is 0.921. The summed E-state index contributed by atoms with van der Waals surface area (Å²) in [7, 11) is 3.51. The Labute approximate surface area is 109 Å². The van der Waals surface area contributed by atoms with Gasteiger partial charge in [-0.25, -0.2) is 4.98 Å². The predicted molar refractivity (Wildman–Crippen MR) is 72.4 cm³/mol. The fourth-order valence-electron chi connectivity index (χ4n) is 1.59. The highest BCUT2D eigenvalue weighted by Gasteiger charge is 2.15. The van der Waals surface area contributed by atoms with E-state index in [0.717, 1.165) is 17.2 Å². The number of hydrogen-bond donors (Lipinski definition) is 1. The first kappa shape index (κ1) is 14.7. The second kappa shape index (κ2) is 6.54. The number of hydrogen-bond acceptors (Lipinski definition) is 5. The lowest BCUT2D eigenvalue weighted by atomic mass is 10.2. The molecule has 0 saturated carbocycles. The van der Waals surface area contributed by atoms with Gasteiger partial charge in [0.2, 0.25) is 5.88 Å². The molecular weight excluding hydrogens is 230 g/mol. The molecule has 1 heterocycles. The monoisotopic (exact) mass is 253 g/mol. The molecule has 0 saturated heterocycles. The van der Waals surface area contributed by atoms with Crippen molar-refractivity contribution in [3.8, 4) is 5.88 Å². The van der Waals surface area contributed by atoms with Gasteiger partial charge in [0.1, 0.15) is 17.7 Å². The summed E-state index contributed by atoms with van der Waals surface area (Å²) in [5.74, 6) is 2.48. The van der Waals surface area contributed by atoms with Crippen LogP contribution in [0.25, 0.3) is 0 Å². The number of anilines is 1. The van der Waals surface area contributed by atoms with Gasteiger partial charge in [0.15, 0.2) is 0 Å². The van der Waals surface area contributed by atoms with Crippen molar-refractivity contribution in [1.82, 2.24) is 9.97 Å². The van der Waals surface area contributed by atoms with Crippen molar-refractivity contribution < 1.29 is 9.47 Å². The van der Waals surface area contributed by atoms with E-state index in [1.54, 1.807) is 7.11 Å². The number of ether oxygens (including phenoxy) is 2. The molecule has 1 aromatic heterocycles. The second-order valence-corrected chi connectivity index (χ2v) is 4.65. The van der Waals surface area contributed by atoms with Crippen molar-refractivity contribution in [3.63, 3.8) is 0 Å². The molecule has 1 unspecified atom stereocenters. The second-order valence-electron chi connectivity index (χ2n) is 4.65. The van der Waals surface area contributed by atoms with Gasteiger partial charge in [-0.15, -0.1) is 0 Å². The number of methoxy groups -OCH3 is 1. The summed E-state index contributed by atoms with van der Waals surface area (Å²) < 4.78 is 10.9. The predicted octanol–water partition coefficient (Wildman–Crippen LogP) is 2.36. The Hall–Kier alpha value is -1.36. The molecular formula is C13H23N3O2. The lowest BCUT2D eigenvalue weighted by Gasteiger charge is -2.18. The van der Waals surface area contributed by atoms with Crippen LogP contribution in [0.3, 0.4) is 0 Å². The van der Waals surface area contributed by atoms with Crippen LogP contribution in [0.2, 0.25) is 0 Å². The van der Waals surface area contributed by atoms with Gasteiger partial charge in [-0.3, -0.25) is 0 Å². The van der Waals surface area contributed by atoms with E-state index in [1.165, 1.54) is 0 Å². The molecule has 0 fully saturated rings.